The van der Waals surface area contributed by atoms with Crippen LogP contribution >= 0.6 is 24.0 Å². The number of thiocarbonyl (C=S) groups is 1. The fraction of sp³-hybridized carbons (Fsp3) is 0.154. The normalized spacial score (nSPS) is 12.4. The summed E-state index contributed by atoms with van der Waals surface area (Å²) in [5, 5.41) is 6.72. The van der Waals surface area contributed by atoms with E-state index in [9.17, 15) is 14.4 Å². The van der Waals surface area contributed by atoms with Gasteiger partial charge in [-0.1, -0.05) is 18.2 Å². The summed E-state index contributed by atoms with van der Waals surface area (Å²) in [6, 6.07) is 22.0. The monoisotopic (exact) mass is 489 g/mol. The average molecular weight is 490 g/mol. The number of Topliss-reactive ketones (excluding diaryl/α,β-unsaturated/α-hetero) is 1. The van der Waals surface area contributed by atoms with Crippen LogP contribution in [-0.4, -0.2) is 39.9 Å². The first kappa shape index (κ1) is 23.7. The van der Waals surface area contributed by atoms with E-state index in [-0.39, 0.29) is 17.6 Å². The van der Waals surface area contributed by atoms with E-state index in [0.717, 1.165) is 22.0 Å². The van der Waals surface area contributed by atoms with Gasteiger partial charge in [0.25, 0.3) is 11.8 Å². The standard InChI is InChI=1S/C26H23N3O3S2/c1-17(30)18-10-12-19(13-11-18)27-26(33)28-20-6-4-7-21(16-20)34-15-5-14-29-24(31)22-8-2-3-9-23(22)25(29)32/h2-4,6-13,16H,5,14-15H2,1H3,(H2,27,28,33). The van der Waals surface area contributed by atoms with E-state index in [1.807, 2.05) is 36.4 Å². The van der Waals surface area contributed by atoms with Gasteiger partial charge in [-0.2, -0.15) is 0 Å². The number of rotatable bonds is 8. The van der Waals surface area contributed by atoms with Gasteiger partial charge in [0, 0.05) is 28.4 Å². The third-order valence-electron chi connectivity index (χ3n) is 5.31. The van der Waals surface area contributed by atoms with Crippen LogP contribution in [0.1, 0.15) is 44.4 Å². The highest BCUT2D eigenvalue weighted by Gasteiger charge is 2.34. The van der Waals surface area contributed by atoms with Crippen molar-refractivity contribution in [2.24, 2.45) is 0 Å². The lowest BCUT2D eigenvalue weighted by Gasteiger charge is -2.14. The molecule has 0 unspecified atom stereocenters. The molecule has 0 radical (unpaired) electrons. The number of hydrogen-bond acceptors (Lipinski definition) is 5. The van der Waals surface area contributed by atoms with Crippen molar-refractivity contribution >= 4 is 58.1 Å². The van der Waals surface area contributed by atoms with Gasteiger partial charge in [0.2, 0.25) is 0 Å². The summed E-state index contributed by atoms with van der Waals surface area (Å²) >= 11 is 7.05. The van der Waals surface area contributed by atoms with Crippen LogP contribution in [0.4, 0.5) is 11.4 Å². The average Bonchev–Trinajstić information content (AvgIpc) is 3.07. The summed E-state index contributed by atoms with van der Waals surface area (Å²) in [7, 11) is 0. The highest BCUT2D eigenvalue weighted by atomic mass is 32.2. The second kappa shape index (κ2) is 10.6. The quantitative estimate of drug-likeness (QED) is 0.143. The number of thioether (sulfide) groups is 1. The lowest BCUT2D eigenvalue weighted by Crippen LogP contribution is -2.30. The van der Waals surface area contributed by atoms with Gasteiger partial charge in [0.05, 0.1) is 11.1 Å². The molecule has 0 aliphatic carbocycles. The molecule has 0 atom stereocenters. The van der Waals surface area contributed by atoms with Gasteiger partial charge < -0.3 is 10.6 Å². The maximum absolute atomic E-state index is 12.5. The van der Waals surface area contributed by atoms with Crippen LogP contribution in [0.3, 0.4) is 0 Å². The fourth-order valence-corrected chi connectivity index (χ4v) is 4.73. The van der Waals surface area contributed by atoms with Crippen LogP contribution < -0.4 is 10.6 Å². The number of nitrogens with zero attached hydrogens (tertiary/aromatic N) is 1. The Balaban J connectivity index is 1.25. The molecule has 4 rings (SSSR count). The third-order valence-corrected chi connectivity index (χ3v) is 6.60. The molecule has 2 N–H and O–H groups in total. The predicted octanol–water partition coefficient (Wildman–Crippen LogP) is 5.48. The van der Waals surface area contributed by atoms with Crippen molar-refractivity contribution in [3.63, 3.8) is 0 Å². The smallest absolute Gasteiger partial charge is 0.261 e. The fourth-order valence-electron chi connectivity index (χ4n) is 3.60. The number of ketones is 1. The van der Waals surface area contributed by atoms with Gasteiger partial charge in [-0.05, 0) is 85.9 Å². The largest absolute Gasteiger partial charge is 0.332 e. The molecule has 3 aromatic carbocycles. The highest BCUT2D eigenvalue weighted by molar-refractivity contribution is 7.99. The molecular formula is C26H23N3O3S2. The molecule has 0 aromatic heterocycles. The van der Waals surface area contributed by atoms with Crippen LogP contribution in [0.2, 0.25) is 0 Å². The molecule has 0 spiro atoms. The zero-order valence-electron chi connectivity index (χ0n) is 18.5. The van der Waals surface area contributed by atoms with Crippen LogP contribution in [0, 0.1) is 0 Å². The molecule has 1 aliphatic rings. The highest BCUT2D eigenvalue weighted by Crippen LogP contribution is 2.25. The van der Waals surface area contributed by atoms with E-state index in [2.05, 4.69) is 10.6 Å². The van der Waals surface area contributed by atoms with E-state index in [1.54, 1.807) is 48.2 Å². The molecule has 0 saturated carbocycles. The second-order valence-corrected chi connectivity index (χ2v) is 9.33. The number of imide groups is 1. The lowest BCUT2D eigenvalue weighted by molar-refractivity contribution is 0.0654. The number of fused-ring (bicyclic) bond motifs is 1. The van der Waals surface area contributed by atoms with Gasteiger partial charge in [0.1, 0.15) is 0 Å². The first-order valence-corrected chi connectivity index (χ1v) is 12.2. The molecule has 8 heteroatoms. The second-order valence-electron chi connectivity index (χ2n) is 7.75. The molecular weight excluding hydrogens is 466 g/mol. The minimum absolute atomic E-state index is 0.0188. The molecule has 0 saturated heterocycles. The van der Waals surface area contributed by atoms with Crippen molar-refractivity contribution < 1.29 is 14.4 Å². The molecule has 2 amide bonds. The van der Waals surface area contributed by atoms with E-state index < -0.39 is 0 Å². The first-order valence-electron chi connectivity index (χ1n) is 10.8. The van der Waals surface area contributed by atoms with Crippen molar-refractivity contribution in [3.05, 3.63) is 89.5 Å². The Morgan fingerprint density at radius 3 is 2.18 bits per heavy atom. The molecule has 34 heavy (non-hydrogen) atoms. The number of anilines is 2. The van der Waals surface area contributed by atoms with Crippen molar-refractivity contribution in [1.29, 1.82) is 0 Å². The summed E-state index contributed by atoms with van der Waals surface area (Å²) in [6.07, 6.45) is 0.698. The summed E-state index contributed by atoms with van der Waals surface area (Å²) in [5.74, 6) is 0.356. The van der Waals surface area contributed by atoms with Crippen molar-refractivity contribution in [1.82, 2.24) is 4.90 Å². The lowest BCUT2D eigenvalue weighted by atomic mass is 10.1. The van der Waals surface area contributed by atoms with Crippen molar-refractivity contribution in [2.75, 3.05) is 22.9 Å². The van der Waals surface area contributed by atoms with Gasteiger partial charge >= 0.3 is 0 Å². The van der Waals surface area contributed by atoms with Gasteiger partial charge in [-0.25, -0.2) is 0 Å². The molecule has 3 aromatic rings. The first-order chi connectivity index (χ1) is 16.4. The third kappa shape index (κ3) is 5.52. The van der Waals surface area contributed by atoms with Crippen LogP contribution in [0.5, 0.6) is 0 Å². The minimum Gasteiger partial charge on any atom is -0.332 e. The van der Waals surface area contributed by atoms with E-state index >= 15 is 0 Å². The number of carbonyl (C=O) groups excluding carboxylic acids is 3. The predicted molar refractivity (Wildman–Crippen MR) is 140 cm³/mol. The molecule has 1 aliphatic heterocycles. The summed E-state index contributed by atoms with van der Waals surface area (Å²) in [6.45, 7) is 1.93. The number of benzene rings is 3. The molecule has 0 bridgehead atoms. The Labute approximate surface area is 207 Å². The number of hydrogen-bond donors (Lipinski definition) is 2. The Hall–Kier alpha value is -3.49. The molecule has 1 heterocycles. The Morgan fingerprint density at radius 1 is 0.882 bits per heavy atom. The Kier molecular flexibility index (Phi) is 7.40. The number of carbonyl (C=O) groups is 3. The zero-order valence-corrected chi connectivity index (χ0v) is 20.2. The number of amides is 2. The summed E-state index contributed by atoms with van der Waals surface area (Å²) in [5.41, 5.74) is 3.26. The van der Waals surface area contributed by atoms with Gasteiger partial charge in [-0.3, -0.25) is 19.3 Å². The minimum atomic E-state index is -0.214. The van der Waals surface area contributed by atoms with Gasteiger partial charge in [-0.15, -0.1) is 11.8 Å². The van der Waals surface area contributed by atoms with E-state index in [0.29, 0.717) is 34.8 Å². The molecule has 172 valence electrons. The summed E-state index contributed by atoms with van der Waals surface area (Å²) < 4.78 is 0. The van der Waals surface area contributed by atoms with Crippen molar-refractivity contribution in [2.45, 2.75) is 18.2 Å². The zero-order chi connectivity index (χ0) is 24.1. The van der Waals surface area contributed by atoms with E-state index in [4.69, 9.17) is 12.2 Å². The van der Waals surface area contributed by atoms with Crippen LogP contribution in [0.25, 0.3) is 0 Å². The Bertz CT molecular complexity index is 1220. The molecule has 0 fully saturated rings. The van der Waals surface area contributed by atoms with Crippen LogP contribution in [-0.2, 0) is 0 Å². The maximum atomic E-state index is 12.5. The summed E-state index contributed by atoms with van der Waals surface area (Å²) in [4.78, 5) is 38.7. The SMILES string of the molecule is CC(=O)c1ccc(NC(=S)Nc2cccc(SCCCN3C(=O)c4ccccc4C3=O)c2)cc1. The Morgan fingerprint density at radius 2 is 1.53 bits per heavy atom. The topological polar surface area (TPSA) is 78.5 Å². The van der Waals surface area contributed by atoms with Gasteiger partial charge in [0.15, 0.2) is 10.9 Å². The van der Waals surface area contributed by atoms with Crippen molar-refractivity contribution in [3.8, 4) is 0 Å². The molecule has 6 nitrogen and oxygen atoms in total. The maximum Gasteiger partial charge on any atom is 0.261 e. The van der Waals surface area contributed by atoms with Crippen LogP contribution in [0.15, 0.2) is 77.7 Å². The number of nitrogens with one attached hydrogen (secondary N) is 2. The van der Waals surface area contributed by atoms with E-state index in [1.165, 1.54) is 11.8 Å².